The largest absolute Gasteiger partial charge is 0.396 e. The minimum Gasteiger partial charge on any atom is -0.396 e. The van der Waals surface area contributed by atoms with Gasteiger partial charge in [-0.05, 0) is 0 Å². The van der Waals surface area contributed by atoms with E-state index in [1.807, 2.05) is 31.7 Å². The summed E-state index contributed by atoms with van der Waals surface area (Å²) < 4.78 is 1.91. The van der Waals surface area contributed by atoms with Gasteiger partial charge in [-0.3, -0.25) is 0 Å². The van der Waals surface area contributed by atoms with Gasteiger partial charge in [0.05, 0.1) is 0 Å². The van der Waals surface area contributed by atoms with Crippen molar-refractivity contribution >= 4 is 5.95 Å². The zero-order chi connectivity index (χ0) is 9.90. The van der Waals surface area contributed by atoms with Crippen LogP contribution in [0.1, 0.15) is 13.8 Å². The molecule has 4 nitrogen and oxygen atoms in total. The first-order valence-corrected chi connectivity index (χ1v) is 4.37. The summed E-state index contributed by atoms with van der Waals surface area (Å²) in [6.45, 7) is 4.89. The van der Waals surface area contributed by atoms with Crippen molar-refractivity contribution in [1.29, 1.82) is 0 Å². The number of anilines is 1. The first-order chi connectivity index (χ1) is 6.05. The summed E-state index contributed by atoms with van der Waals surface area (Å²) in [6, 6.07) is 0. The number of aliphatic hydroxyl groups is 1. The van der Waals surface area contributed by atoms with Crippen LogP contribution in [0.2, 0.25) is 0 Å². The fraction of sp³-hybridized carbons (Fsp3) is 0.667. The number of hydrogen-bond acceptors (Lipinski definition) is 3. The van der Waals surface area contributed by atoms with Crippen molar-refractivity contribution in [2.75, 3.05) is 18.5 Å². The quantitative estimate of drug-likeness (QED) is 0.727. The van der Waals surface area contributed by atoms with Gasteiger partial charge in [-0.1, -0.05) is 13.8 Å². The summed E-state index contributed by atoms with van der Waals surface area (Å²) in [7, 11) is 1.93. The number of imidazole rings is 1. The van der Waals surface area contributed by atoms with Crippen molar-refractivity contribution in [1.82, 2.24) is 9.55 Å². The summed E-state index contributed by atoms with van der Waals surface area (Å²) in [5, 5.41) is 12.2. The Hall–Kier alpha value is -1.03. The van der Waals surface area contributed by atoms with Crippen LogP contribution in [0.25, 0.3) is 0 Å². The minimum absolute atomic E-state index is 0.105. The molecule has 0 spiro atoms. The van der Waals surface area contributed by atoms with Crippen LogP contribution in [0.15, 0.2) is 12.4 Å². The van der Waals surface area contributed by atoms with Gasteiger partial charge in [0, 0.05) is 38.0 Å². The molecule has 13 heavy (non-hydrogen) atoms. The van der Waals surface area contributed by atoms with E-state index in [0.717, 1.165) is 5.95 Å². The lowest BCUT2D eigenvalue weighted by Gasteiger charge is -2.21. The van der Waals surface area contributed by atoms with Gasteiger partial charge in [-0.15, -0.1) is 0 Å². The van der Waals surface area contributed by atoms with E-state index in [1.54, 1.807) is 6.20 Å². The highest BCUT2D eigenvalue weighted by Crippen LogP contribution is 2.14. The lowest BCUT2D eigenvalue weighted by Crippen LogP contribution is -2.27. The van der Waals surface area contributed by atoms with Gasteiger partial charge in [0.25, 0.3) is 0 Å². The van der Waals surface area contributed by atoms with Crippen molar-refractivity contribution in [3.8, 4) is 0 Å². The zero-order valence-electron chi connectivity index (χ0n) is 8.41. The number of aromatic nitrogens is 2. The highest BCUT2D eigenvalue weighted by Gasteiger charge is 2.16. The van der Waals surface area contributed by atoms with Gasteiger partial charge in [0.2, 0.25) is 5.95 Å². The second-order valence-corrected chi connectivity index (χ2v) is 4.04. The Labute approximate surface area is 78.6 Å². The molecule has 74 valence electrons. The smallest absolute Gasteiger partial charge is 0.202 e. The monoisotopic (exact) mass is 183 g/mol. The molecule has 0 fully saturated rings. The van der Waals surface area contributed by atoms with Gasteiger partial charge in [-0.25, -0.2) is 4.98 Å². The van der Waals surface area contributed by atoms with E-state index in [1.165, 1.54) is 0 Å². The van der Waals surface area contributed by atoms with Crippen LogP contribution in [0.4, 0.5) is 5.95 Å². The van der Waals surface area contributed by atoms with Crippen molar-refractivity contribution < 1.29 is 5.11 Å². The molecular weight excluding hydrogens is 166 g/mol. The van der Waals surface area contributed by atoms with Gasteiger partial charge < -0.3 is 15.0 Å². The third-order valence-corrected chi connectivity index (χ3v) is 1.97. The molecule has 1 heterocycles. The van der Waals surface area contributed by atoms with Crippen molar-refractivity contribution in [2.45, 2.75) is 13.8 Å². The molecule has 0 atom stereocenters. The minimum atomic E-state index is -0.105. The van der Waals surface area contributed by atoms with E-state index in [0.29, 0.717) is 6.54 Å². The van der Waals surface area contributed by atoms with Gasteiger partial charge >= 0.3 is 0 Å². The summed E-state index contributed by atoms with van der Waals surface area (Å²) in [5.74, 6) is 0.835. The Bertz CT molecular complexity index is 268. The Kier molecular flexibility index (Phi) is 2.93. The molecule has 1 aromatic rings. The van der Waals surface area contributed by atoms with Gasteiger partial charge in [0.15, 0.2) is 0 Å². The molecular formula is C9H17N3O. The third kappa shape index (κ3) is 2.73. The molecule has 0 saturated carbocycles. The van der Waals surface area contributed by atoms with E-state index < -0.39 is 0 Å². The number of rotatable bonds is 4. The average Bonchev–Trinajstić information content (AvgIpc) is 2.48. The molecule has 0 radical (unpaired) electrons. The number of nitrogens with one attached hydrogen (secondary N) is 1. The number of aryl methyl sites for hydroxylation is 1. The number of hydrogen-bond donors (Lipinski definition) is 2. The van der Waals surface area contributed by atoms with E-state index >= 15 is 0 Å². The first-order valence-electron chi connectivity index (χ1n) is 4.37. The molecule has 0 aromatic carbocycles. The SMILES string of the molecule is Cn1ccnc1NCC(C)(C)CO. The second kappa shape index (κ2) is 3.79. The normalized spacial score (nSPS) is 11.7. The molecule has 0 unspecified atom stereocenters. The van der Waals surface area contributed by atoms with Crippen LogP contribution in [-0.2, 0) is 7.05 Å². The second-order valence-electron chi connectivity index (χ2n) is 4.04. The van der Waals surface area contributed by atoms with Crippen LogP contribution in [0, 0.1) is 5.41 Å². The molecule has 0 bridgehead atoms. The maximum absolute atomic E-state index is 9.02. The Morgan fingerprint density at radius 1 is 1.62 bits per heavy atom. The maximum Gasteiger partial charge on any atom is 0.202 e. The molecule has 1 aromatic heterocycles. The fourth-order valence-corrected chi connectivity index (χ4v) is 0.910. The predicted octanol–water partition coefficient (Wildman–Crippen LogP) is 0.850. The Morgan fingerprint density at radius 2 is 2.31 bits per heavy atom. The lowest BCUT2D eigenvalue weighted by molar-refractivity contribution is 0.170. The lowest BCUT2D eigenvalue weighted by atomic mass is 9.95. The topological polar surface area (TPSA) is 50.1 Å². The van der Waals surface area contributed by atoms with Crippen LogP contribution in [-0.4, -0.2) is 27.8 Å². The molecule has 0 aliphatic carbocycles. The zero-order valence-corrected chi connectivity index (χ0v) is 8.41. The molecule has 0 saturated heterocycles. The van der Waals surface area contributed by atoms with Crippen molar-refractivity contribution in [3.05, 3.63) is 12.4 Å². The molecule has 1 rings (SSSR count). The summed E-state index contributed by atoms with van der Waals surface area (Å²) in [6.07, 6.45) is 3.63. The Morgan fingerprint density at radius 3 is 2.77 bits per heavy atom. The highest BCUT2D eigenvalue weighted by molar-refractivity contribution is 5.25. The van der Waals surface area contributed by atoms with Crippen LogP contribution < -0.4 is 5.32 Å². The van der Waals surface area contributed by atoms with E-state index in [4.69, 9.17) is 5.11 Å². The molecule has 4 heteroatoms. The third-order valence-electron chi connectivity index (χ3n) is 1.97. The van der Waals surface area contributed by atoms with Gasteiger partial charge in [-0.2, -0.15) is 0 Å². The van der Waals surface area contributed by atoms with E-state index in [9.17, 15) is 0 Å². The average molecular weight is 183 g/mol. The van der Waals surface area contributed by atoms with E-state index in [2.05, 4.69) is 10.3 Å². The number of nitrogens with zero attached hydrogens (tertiary/aromatic N) is 2. The highest BCUT2D eigenvalue weighted by atomic mass is 16.3. The van der Waals surface area contributed by atoms with Crippen LogP contribution >= 0.6 is 0 Å². The van der Waals surface area contributed by atoms with Crippen LogP contribution in [0.3, 0.4) is 0 Å². The molecule has 2 N–H and O–H groups in total. The number of aliphatic hydroxyl groups excluding tert-OH is 1. The summed E-state index contributed by atoms with van der Waals surface area (Å²) >= 11 is 0. The molecule has 0 amide bonds. The van der Waals surface area contributed by atoms with Gasteiger partial charge in [0.1, 0.15) is 0 Å². The summed E-state index contributed by atoms with van der Waals surface area (Å²) in [4.78, 5) is 4.12. The van der Waals surface area contributed by atoms with Crippen LogP contribution in [0.5, 0.6) is 0 Å². The predicted molar refractivity (Wildman–Crippen MR) is 52.6 cm³/mol. The fourth-order valence-electron chi connectivity index (χ4n) is 0.910. The Balaban J connectivity index is 2.48. The molecule has 0 aliphatic rings. The molecule has 0 aliphatic heterocycles. The summed E-state index contributed by atoms with van der Waals surface area (Å²) in [5.41, 5.74) is -0.105. The standard InChI is InChI=1S/C9H17N3O/c1-9(2,7-13)6-11-8-10-4-5-12(8)3/h4-5,13H,6-7H2,1-3H3,(H,10,11). The van der Waals surface area contributed by atoms with Crippen molar-refractivity contribution in [3.63, 3.8) is 0 Å². The van der Waals surface area contributed by atoms with Crippen molar-refractivity contribution in [2.24, 2.45) is 12.5 Å². The van der Waals surface area contributed by atoms with E-state index in [-0.39, 0.29) is 12.0 Å². The first kappa shape index (κ1) is 10.1. The maximum atomic E-state index is 9.02.